The van der Waals surface area contributed by atoms with Gasteiger partial charge in [-0.25, -0.2) is 0 Å². The second-order valence-electron chi connectivity index (χ2n) is 12.2. The lowest BCUT2D eigenvalue weighted by molar-refractivity contribution is -0.184. The predicted molar refractivity (Wildman–Crippen MR) is 133 cm³/mol. The van der Waals surface area contributed by atoms with Gasteiger partial charge < -0.3 is 25.4 Å². The fourth-order valence-electron chi connectivity index (χ4n) is 8.08. The summed E-state index contributed by atoms with van der Waals surface area (Å²) in [6.45, 7) is 4.66. The van der Waals surface area contributed by atoms with E-state index in [1.807, 2.05) is 6.92 Å². The number of aliphatic carboxylic acids is 1. The number of aliphatic hydroxyl groups is 2. The number of allylic oxidation sites excluding steroid dienone is 1. The van der Waals surface area contributed by atoms with Crippen LogP contribution in [0.2, 0.25) is 0 Å². The zero-order chi connectivity index (χ0) is 28.0. The Morgan fingerprint density at radius 2 is 1.84 bits per heavy atom. The number of amides is 1. The van der Waals surface area contributed by atoms with Crippen LogP contribution < -0.4 is 5.32 Å². The SMILES string of the molecule is C[C@@H](NC(=O)CCC(=O)OCC(=O)[C@@]1(O)CC[C@H]2[C@@H]3CCC4=CC(=O)CC[C@]4(C)[C@H]3[C@@H](O)C[C@@]21C)C(=O)O. The minimum Gasteiger partial charge on any atom is -0.480 e. The summed E-state index contributed by atoms with van der Waals surface area (Å²) in [5, 5.41) is 34.2. The molecule has 0 aromatic rings. The third-order valence-corrected chi connectivity index (χ3v) is 10.2. The molecule has 3 saturated carbocycles. The number of hydrogen-bond donors (Lipinski definition) is 4. The van der Waals surface area contributed by atoms with Crippen LogP contribution in [-0.4, -0.2) is 69.1 Å². The maximum absolute atomic E-state index is 13.3. The van der Waals surface area contributed by atoms with Crippen LogP contribution in [0.4, 0.5) is 0 Å². The Morgan fingerprint density at radius 3 is 2.53 bits per heavy atom. The molecule has 0 bridgehead atoms. The Labute approximate surface area is 222 Å². The van der Waals surface area contributed by atoms with E-state index in [1.165, 1.54) is 6.92 Å². The molecule has 38 heavy (non-hydrogen) atoms. The van der Waals surface area contributed by atoms with Crippen molar-refractivity contribution in [3.63, 3.8) is 0 Å². The third-order valence-electron chi connectivity index (χ3n) is 10.2. The van der Waals surface area contributed by atoms with Crippen molar-refractivity contribution in [2.45, 2.75) is 96.3 Å². The molecule has 0 aromatic heterocycles. The number of fused-ring (bicyclic) bond motifs is 5. The van der Waals surface area contributed by atoms with Crippen molar-refractivity contribution in [2.75, 3.05) is 6.61 Å². The molecule has 0 heterocycles. The lowest BCUT2D eigenvalue weighted by Gasteiger charge is -2.60. The number of nitrogens with one attached hydrogen (secondary N) is 1. The van der Waals surface area contributed by atoms with E-state index in [-0.39, 0.29) is 54.6 Å². The molecule has 4 rings (SSSR count). The molecule has 0 radical (unpaired) electrons. The van der Waals surface area contributed by atoms with Crippen LogP contribution in [0.25, 0.3) is 0 Å². The molecule has 10 nitrogen and oxygen atoms in total. The van der Waals surface area contributed by atoms with Crippen molar-refractivity contribution < 1.29 is 44.0 Å². The van der Waals surface area contributed by atoms with Crippen molar-refractivity contribution in [1.82, 2.24) is 5.32 Å². The normalized spacial score (nSPS) is 38.7. The van der Waals surface area contributed by atoms with Gasteiger partial charge in [-0.2, -0.15) is 0 Å². The molecule has 4 N–H and O–H groups in total. The average molecular weight is 534 g/mol. The van der Waals surface area contributed by atoms with E-state index in [1.54, 1.807) is 6.08 Å². The molecule has 0 saturated heterocycles. The van der Waals surface area contributed by atoms with Gasteiger partial charge in [0, 0.05) is 18.3 Å². The van der Waals surface area contributed by atoms with Crippen LogP contribution in [-0.2, 0) is 28.7 Å². The first-order chi connectivity index (χ1) is 17.7. The maximum Gasteiger partial charge on any atom is 0.325 e. The Kier molecular flexibility index (Phi) is 7.62. The van der Waals surface area contributed by atoms with Gasteiger partial charge >= 0.3 is 11.9 Å². The first kappa shape index (κ1) is 28.4. The van der Waals surface area contributed by atoms with Gasteiger partial charge in [-0.3, -0.25) is 24.0 Å². The molecule has 210 valence electrons. The summed E-state index contributed by atoms with van der Waals surface area (Å²) < 4.78 is 5.09. The minimum atomic E-state index is -1.75. The summed E-state index contributed by atoms with van der Waals surface area (Å²) in [5.74, 6) is -3.02. The van der Waals surface area contributed by atoms with Crippen LogP contribution in [0.5, 0.6) is 0 Å². The average Bonchev–Trinajstić information content (AvgIpc) is 3.12. The van der Waals surface area contributed by atoms with Crippen LogP contribution >= 0.6 is 0 Å². The van der Waals surface area contributed by atoms with Crippen LogP contribution in [0.15, 0.2) is 11.6 Å². The Hall–Kier alpha value is -2.59. The molecule has 0 spiro atoms. The highest BCUT2D eigenvalue weighted by Gasteiger charge is 2.68. The Balaban J connectivity index is 1.40. The van der Waals surface area contributed by atoms with E-state index in [9.17, 15) is 34.2 Å². The first-order valence-electron chi connectivity index (χ1n) is 13.6. The van der Waals surface area contributed by atoms with E-state index in [0.717, 1.165) is 18.4 Å². The van der Waals surface area contributed by atoms with E-state index < -0.39 is 53.4 Å². The maximum atomic E-state index is 13.3. The summed E-state index contributed by atoms with van der Waals surface area (Å²) in [7, 11) is 0. The van der Waals surface area contributed by atoms with Crippen molar-refractivity contribution in [3.05, 3.63) is 11.6 Å². The fourth-order valence-corrected chi connectivity index (χ4v) is 8.08. The predicted octanol–water partition coefficient (Wildman–Crippen LogP) is 1.70. The van der Waals surface area contributed by atoms with Crippen molar-refractivity contribution >= 4 is 29.4 Å². The van der Waals surface area contributed by atoms with Gasteiger partial charge in [0.2, 0.25) is 11.7 Å². The zero-order valence-corrected chi connectivity index (χ0v) is 22.3. The number of ketones is 2. The van der Waals surface area contributed by atoms with Crippen LogP contribution in [0, 0.1) is 28.6 Å². The summed E-state index contributed by atoms with van der Waals surface area (Å²) in [6, 6.07) is -1.09. The summed E-state index contributed by atoms with van der Waals surface area (Å²) in [5.41, 5.74) is -1.80. The second kappa shape index (κ2) is 10.2. The first-order valence-corrected chi connectivity index (χ1v) is 13.6. The van der Waals surface area contributed by atoms with Gasteiger partial charge in [-0.1, -0.05) is 19.4 Å². The van der Waals surface area contributed by atoms with Crippen LogP contribution in [0.1, 0.15) is 78.6 Å². The highest BCUT2D eigenvalue weighted by Crippen LogP contribution is 2.67. The third kappa shape index (κ3) is 4.70. The van der Waals surface area contributed by atoms with Gasteiger partial charge in [0.15, 0.2) is 12.4 Å². The number of Topliss-reactive ketones (excluding diaryl/α,β-unsaturated/α-hetero) is 1. The molecule has 4 aliphatic carbocycles. The number of carboxylic acids is 1. The highest BCUT2D eigenvalue weighted by atomic mass is 16.5. The minimum absolute atomic E-state index is 0.0106. The zero-order valence-electron chi connectivity index (χ0n) is 22.3. The smallest absolute Gasteiger partial charge is 0.325 e. The molecular weight excluding hydrogens is 494 g/mol. The molecular formula is C28H39NO9. The molecule has 0 aliphatic heterocycles. The van der Waals surface area contributed by atoms with Crippen molar-refractivity contribution in [2.24, 2.45) is 28.6 Å². The number of hydrogen-bond acceptors (Lipinski definition) is 8. The van der Waals surface area contributed by atoms with E-state index >= 15 is 0 Å². The molecule has 0 aromatic carbocycles. The number of aliphatic hydroxyl groups excluding tert-OH is 1. The summed E-state index contributed by atoms with van der Waals surface area (Å²) >= 11 is 0. The Bertz CT molecular complexity index is 1070. The molecule has 4 aliphatic rings. The monoisotopic (exact) mass is 533 g/mol. The molecule has 0 unspecified atom stereocenters. The van der Waals surface area contributed by atoms with E-state index in [2.05, 4.69) is 12.2 Å². The molecule has 8 atom stereocenters. The topological polar surface area (TPSA) is 167 Å². The number of rotatable bonds is 8. The molecule has 10 heteroatoms. The number of ether oxygens (including phenoxy) is 1. The Morgan fingerprint density at radius 1 is 1.13 bits per heavy atom. The summed E-state index contributed by atoms with van der Waals surface area (Å²) in [6.07, 6.45) is 4.21. The standard InChI is InChI=1S/C28H39NO9/c1-15(25(35)36)29-22(33)6-7-23(34)38-14-21(32)28(37)11-9-19-18-5-4-16-12-17(30)8-10-26(16,2)24(18)20(31)13-27(19,28)3/h12,15,18-20,24,31,37H,4-11,13-14H2,1-3H3,(H,29,33)(H,35,36)/t15-,18+,19+,20+,24-,26+,27+,28+/m1/s1. The molecule has 1 amide bonds. The number of esters is 1. The van der Waals surface area contributed by atoms with Gasteiger partial charge in [0.25, 0.3) is 0 Å². The summed E-state index contributed by atoms with van der Waals surface area (Å²) in [4.78, 5) is 60.1. The van der Waals surface area contributed by atoms with Gasteiger partial charge in [0.05, 0.1) is 12.5 Å². The van der Waals surface area contributed by atoms with Gasteiger partial charge in [0.1, 0.15) is 11.6 Å². The van der Waals surface area contributed by atoms with Gasteiger partial charge in [-0.05, 0) is 74.7 Å². The quantitative estimate of drug-likeness (QED) is 0.340. The largest absolute Gasteiger partial charge is 0.480 e. The van der Waals surface area contributed by atoms with E-state index in [0.29, 0.717) is 19.3 Å². The highest BCUT2D eigenvalue weighted by molar-refractivity contribution is 5.92. The molecule has 3 fully saturated rings. The van der Waals surface area contributed by atoms with Crippen molar-refractivity contribution in [3.8, 4) is 0 Å². The lowest BCUT2D eigenvalue weighted by Crippen LogP contribution is -2.62. The number of carbonyl (C=O) groups excluding carboxylic acids is 4. The number of carboxylic acid groups (broad SMARTS) is 1. The van der Waals surface area contributed by atoms with Crippen molar-refractivity contribution in [1.29, 1.82) is 0 Å². The fraction of sp³-hybridized carbons (Fsp3) is 0.750. The van der Waals surface area contributed by atoms with E-state index in [4.69, 9.17) is 9.84 Å². The van der Waals surface area contributed by atoms with Crippen LogP contribution in [0.3, 0.4) is 0 Å². The lowest BCUT2D eigenvalue weighted by atomic mass is 9.45. The second-order valence-corrected chi connectivity index (χ2v) is 12.2. The number of carbonyl (C=O) groups is 5. The van der Waals surface area contributed by atoms with Gasteiger partial charge in [-0.15, -0.1) is 0 Å².